The average Bonchev–Trinajstić information content (AvgIpc) is 2.96. The van der Waals surface area contributed by atoms with Crippen molar-refractivity contribution in [3.8, 4) is 0 Å². The van der Waals surface area contributed by atoms with Crippen LogP contribution >= 0.6 is 0 Å². The van der Waals surface area contributed by atoms with Crippen molar-refractivity contribution in [1.29, 1.82) is 0 Å². The number of unbranched alkanes of at least 4 members (excludes halogenated alkanes) is 2. The monoisotopic (exact) mass is 289 g/mol. The van der Waals surface area contributed by atoms with Gasteiger partial charge in [0.25, 0.3) is 5.56 Å². The van der Waals surface area contributed by atoms with Gasteiger partial charge in [-0.1, -0.05) is 19.8 Å². The molecular formula is C14H19N5O2. The molecule has 0 bridgehead atoms. The molecule has 0 aliphatic carbocycles. The minimum atomic E-state index is -0.305. The number of fused-ring (bicyclic) bond motifs is 3. The van der Waals surface area contributed by atoms with Crippen LogP contribution in [-0.4, -0.2) is 23.5 Å². The summed E-state index contributed by atoms with van der Waals surface area (Å²) in [6, 6.07) is 0. The molecule has 0 saturated heterocycles. The standard InChI is InChI=1S/C14H19N5O2/c1-4-5-6-7-18-12(20)10-11(17(3)14(18)21)16-13-15-9(2)8-19(10)13/h8H,4-7H2,1-3H3,(H,15,16). The molecule has 0 saturated carbocycles. The largest absolute Gasteiger partial charge is 0.332 e. The molecule has 0 aliphatic heterocycles. The number of hydrogen-bond donors (Lipinski definition) is 1. The van der Waals surface area contributed by atoms with Gasteiger partial charge in [-0.3, -0.25) is 18.3 Å². The summed E-state index contributed by atoms with van der Waals surface area (Å²) in [5.74, 6) is 0.584. The van der Waals surface area contributed by atoms with Crippen molar-refractivity contribution in [2.45, 2.75) is 39.7 Å². The van der Waals surface area contributed by atoms with Gasteiger partial charge in [-0.05, 0) is 13.3 Å². The van der Waals surface area contributed by atoms with E-state index in [9.17, 15) is 9.59 Å². The van der Waals surface area contributed by atoms with Gasteiger partial charge in [0.2, 0.25) is 5.78 Å². The Bertz CT molecular complexity index is 925. The molecule has 3 aromatic heterocycles. The lowest BCUT2D eigenvalue weighted by atomic mass is 10.2. The molecule has 3 heterocycles. The van der Waals surface area contributed by atoms with Crippen LogP contribution in [0.3, 0.4) is 0 Å². The number of aryl methyl sites for hydroxylation is 2. The fraction of sp³-hybridized carbons (Fsp3) is 0.500. The van der Waals surface area contributed by atoms with Gasteiger partial charge in [0, 0.05) is 25.5 Å². The van der Waals surface area contributed by atoms with Gasteiger partial charge in [0.05, 0.1) is 0 Å². The van der Waals surface area contributed by atoms with Gasteiger partial charge in [-0.25, -0.2) is 4.79 Å². The van der Waals surface area contributed by atoms with Gasteiger partial charge in [0.1, 0.15) is 0 Å². The number of nitrogens with zero attached hydrogens (tertiary/aromatic N) is 4. The molecule has 112 valence electrons. The molecule has 0 atom stereocenters. The van der Waals surface area contributed by atoms with E-state index < -0.39 is 0 Å². The summed E-state index contributed by atoms with van der Waals surface area (Å²) in [6.45, 7) is 4.45. The van der Waals surface area contributed by atoms with E-state index in [1.165, 1.54) is 9.13 Å². The molecule has 21 heavy (non-hydrogen) atoms. The van der Waals surface area contributed by atoms with Gasteiger partial charge >= 0.3 is 5.69 Å². The van der Waals surface area contributed by atoms with Crippen LogP contribution in [-0.2, 0) is 13.6 Å². The van der Waals surface area contributed by atoms with Gasteiger partial charge in [0.15, 0.2) is 11.2 Å². The molecule has 7 nitrogen and oxygen atoms in total. The Morgan fingerprint density at radius 1 is 1.29 bits per heavy atom. The van der Waals surface area contributed by atoms with Crippen molar-refractivity contribution < 1.29 is 0 Å². The summed E-state index contributed by atoms with van der Waals surface area (Å²) < 4.78 is 4.48. The van der Waals surface area contributed by atoms with Crippen LogP contribution in [0.1, 0.15) is 31.9 Å². The number of nitrogens with one attached hydrogen (secondary N) is 1. The molecule has 0 amide bonds. The fourth-order valence-electron chi connectivity index (χ4n) is 2.67. The van der Waals surface area contributed by atoms with Gasteiger partial charge in [-0.15, -0.1) is 0 Å². The third-order valence-electron chi connectivity index (χ3n) is 3.79. The molecule has 7 heteroatoms. The van der Waals surface area contributed by atoms with Crippen LogP contribution in [0.4, 0.5) is 0 Å². The maximum Gasteiger partial charge on any atom is 0.332 e. The highest BCUT2D eigenvalue weighted by Crippen LogP contribution is 2.11. The summed E-state index contributed by atoms with van der Waals surface area (Å²) in [5.41, 5.74) is 1.22. The second-order valence-electron chi connectivity index (χ2n) is 5.42. The molecule has 1 N–H and O–H groups in total. The highest BCUT2D eigenvalue weighted by Gasteiger charge is 2.17. The number of imidazole rings is 2. The van der Waals surface area contributed by atoms with Gasteiger partial charge < -0.3 is 4.98 Å². The van der Waals surface area contributed by atoms with Crippen molar-refractivity contribution in [2.24, 2.45) is 7.05 Å². The Labute approximate surface area is 120 Å². The van der Waals surface area contributed by atoms with Crippen LogP contribution in [0.5, 0.6) is 0 Å². The molecule has 0 radical (unpaired) electrons. The van der Waals surface area contributed by atoms with E-state index in [0.29, 0.717) is 23.5 Å². The Morgan fingerprint density at radius 2 is 2.05 bits per heavy atom. The predicted molar refractivity (Wildman–Crippen MR) is 80.8 cm³/mol. The van der Waals surface area contributed by atoms with Crippen LogP contribution < -0.4 is 11.2 Å². The smallest absolute Gasteiger partial charge is 0.328 e. The lowest BCUT2D eigenvalue weighted by Crippen LogP contribution is -2.39. The summed E-state index contributed by atoms with van der Waals surface area (Å²) >= 11 is 0. The zero-order valence-corrected chi connectivity index (χ0v) is 12.5. The summed E-state index contributed by atoms with van der Waals surface area (Å²) in [6.07, 6.45) is 4.70. The average molecular weight is 289 g/mol. The number of rotatable bonds is 4. The summed E-state index contributed by atoms with van der Waals surface area (Å²) in [5, 5.41) is 0. The predicted octanol–water partition coefficient (Wildman–Crippen LogP) is 1.17. The highest BCUT2D eigenvalue weighted by molar-refractivity contribution is 5.75. The van der Waals surface area contributed by atoms with Crippen LogP contribution in [0.2, 0.25) is 0 Å². The quantitative estimate of drug-likeness (QED) is 0.733. The van der Waals surface area contributed by atoms with E-state index >= 15 is 0 Å². The van der Waals surface area contributed by atoms with E-state index in [2.05, 4.69) is 16.9 Å². The topological polar surface area (TPSA) is 77.1 Å². The van der Waals surface area contributed by atoms with E-state index in [-0.39, 0.29) is 11.2 Å². The highest BCUT2D eigenvalue weighted by atomic mass is 16.2. The Kier molecular flexibility index (Phi) is 3.19. The maximum atomic E-state index is 12.7. The fourth-order valence-corrected chi connectivity index (χ4v) is 2.67. The molecule has 0 aromatic carbocycles. The first-order valence-corrected chi connectivity index (χ1v) is 7.21. The lowest BCUT2D eigenvalue weighted by Gasteiger charge is -2.07. The van der Waals surface area contributed by atoms with Crippen molar-refractivity contribution in [1.82, 2.24) is 23.5 Å². The first-order chi connectivity index (χ1) is 10.0. The van der Waals surface area contributed by atoms with Crippen molar-refractivity contribution in [3.05, 3.63) is 32.7 Å². The number of aromatic amines is 1. The molecule has 0 aliphatic rings. The molecular weight excluding hydrogens is 270 g/mol. The molecule has 3 aromatic rings. The number of H-pyrrole nitrogens is 1. The Hall–Kier alpha value is -2.31. The zero-order valence-electron chi connectivity index (χ0n) is 12.5. The Morgan fingerprint density at radius 3 is 2.76 bits per heavy atom. The Balaban J connectivity index is 2.30. The van der Waals surface area contributed by atoms with E-state index in [1.54, 1.807) is 11.4 Å². The summed E-state index contributed by atoms with van der Waals surface area (Å²) in [7, 11) is 1.65. The second-order valence-corrected chi connectivity index (χ2v) is 5.42. The molecule has 0 unspecified atom stereocenters. The number of aromatic nitrogens is 5. The molecule has 0 spiro atoms. The molecule has 0 fully saturated rings. The normalized spacial score (nSPS) is 11.8. The van der Waals surface area contributed by atoms with Crippen molar-refractivity contribution in [2.75, 3.05) is 0 Å². The van der Waals surface area contributed by atoms with E-state index in [1.807, 2.05) is 13.1 Å². The maximum absolute atomic E-state index is 12.7. The SMILES string of the molecule is CCCCCn1c(=O)c2c(nc3[nH]c(C)cn32)n(C)c1=O. The minimum absolute atomic E-state index is 0.268. The first-order valence-electron chi connectivity index (χ1n) is 7.21. The zero-order chi connectivity index (χ0) is 15.1. The van der Waals surface area contributed by atoms with E-state index in [4.69, 9.17) is 0 Å². The molecule has 3 rings (SSSR count). The van der Waals surface area contributed by atoms with Crippen molar-refractivity contribution in [3.63, 3.8) is 0 Å². The van der Waals surface area contributed by atoms with Gasteiger partial charge in [-0.2, -0.15) is 4.98 Å². The number of hydrogen-bond acceptors (Lipinski definition) is 3. The van der Waals surface area contributed by atoms with Crippen molar-refractivity contribution >= 4 is 16.9 Å². The van der Waals surface area contributed by atoms with Crippen LogP contribution in [0.25, 0.3) is 16.9 Å². The van der Waals surface area contributed by atoms with E-state index in [0.717, 1.165) is 25.0 Å². The first kappa shape index (κ1) is 13.7. The van der Waals surface area contributed by atoms with Crippen LogP contribution in [0, 0.1) is 6.92 Å². The third kappa shape index (κ3) is 2.00. The van der Waals surface area contributed by atoms with Crippen LogP contribution in [0.15, 0.2) is 15.8 Å². The minimum Gasteiger partial charge on any atom is -0.328 e. The summed E-state index contributed by atoms with van der Waals surface area (Å²) in [4.78, 5) is 32.4. The third-order valence-corrected chi connectivity index (χ3v) is 3.79. The second kappa shape index (κ2) is 4.91. The lowest BCUT2D eigenvalue weighted by molar-refractivity contribution is 0.550.